The molecule has 2 aromatic carbocycles. The molecule has 3 nitrogen and oxygen atoms in total. The summed E-state index contributed by atoms with van der Waals surface area (Å²) in [6.45, 7) is 2.01. The molecular weight excluding hydrogens is 258 g/mol. The Bertz CT molecular complexity index is 646. The van der Waals surface area contributed by atoms with Crippen LogP contribution in [0.15, 0.2) is 60.7 Å². The Labute approximate surface area is 125 Å². The first-order chi connectivity index (χ1) is 10.2. The molecule has 3 rings (SSSR count). The second kappa shape index (κ2) is 5.06. The van der Waals surface area contributed by atoms with Crippen molar-refractivity contribution >= 4 is 5.84 Å². The Kier molecular flexibility index (Phi) is 3.23. The van der Waals surface area contributed by atoms with Gasteiger partial charge in [-0.15, -0.1) is 0 Å². The lowest BCUT2D eigenvalue weighted by molar-refractivity contribution is 0.462. The molecule has 21 heavy (non-hydrogen) atoms. The fourth-order valence-corrected chi connectivity index (χ4v) is 3.33. The molecule has 1 N–H and O–H groups in total. The summed E-state index contributed by atoms with van der Waals surface area (Å²) in [4.78, 5) is 1.53. The molecule has 1 atom stereocenters. The van der Waals surface area contributed by atoms with Gasteiger partial charge in [0.2, 0.25) is 0 Å². The van der Waals surface area contributed by atoms with E-state index in [4.69, 9.17) is 5.41 Å². The largest absolute Gasteiger partial charge is 0.287 e. The molecule has 1 fully saturated rings. The van der Waals surface area contributed by atoms with Gasteiger partial charge in [-0.25, -0.2) is 0 Å². The zero-order chi connectivity index (χ0) is 14.9. The summed E-state index contributed by atoms with van der Waals surface area (Å²) < 4.78 is 0. The maximum Gasteiger partial charge on any atom is 0.185 e. The average molecular weight is 275 g/mol. The molecule has 104 valence electrons. The fraction of sp³-hybridized carbons (Fsp3) is 0.222. The number of hydrogen-bond donors (Lipinski definition) is 1. The average Bonchev–Trinajstić information content (AvgIpc) is 2.80. The molecule has 0 spiro atoms. The standard InChI is InChI=1S/C18H17N3/c1-14-12-18(17(20)21(14)13-19,15-8-4-2-5-9-15)16-10-6-3-7-11-16/h2-11,14,20H,12H2,1H3. The predicted molar refractivity (Wildman–Crippen MR) is 82.9 cm³/mol. The van der Waals surface area contributed by atoms with Crippen LogP contribution in [0.25, 0.3) is 0 Å². The summed E-state index contributed by atoms with van der Waals surface area (Å²) in [5.74, 6) is 0.370. The Morgan fingerprint density at radius 1 is 1.05 bits per heavy atom. The zero-order valence-electron chi connectivity index (χ0n) is 12.0. The van der Waals surface area contributed by atoms with Gasteiger partial charge in [0.15, 0.2) is 6.19 Å². The lowest BCUT2D eigenvalue weighted by Gasteiger charge is -2.30. The van der Waals surface area contributed by atoms with Crippen LogP contribution in [-0.4, -0.2) is 16.8 Å². The first-order valence-electron chi connectivity index (χ1n) is 7.09. The van der Waals surface area contributed by atoms with Gasteiger partial charge in [0.25, 0.3) is 0 Å². The van der Waals surface area contributed by atoms with E-state index in [0.29, 0.717) is 5.84 Å². The molecule has 0 aliphatic carbocycles. The highest BCUT2D eigenvalue weighted by Crippen LogP contribution is 2.44. The molecule has 1 aliphatic heterocycles. The Morgan fingerprint density at radius 2 is 1.52 bits per heavy atom. The van der Waals surface area contributed by atoms with Crippen LogP contribution in [0.2, 0.25) is 0 Å². The predicted octanol–water partition coefficient (Wildman–Crippen LogP) is 3.53. The van der Waals surface area contributed by atoms with Gasteiger partial charge in [-0.05, 0) is 24.5 Å². The van der Waals surface area contributed by atoms with Gasteiger partial charge in [-0.3, -0.25) is 10.3 Å². The SMILES string of the molecule is CC1CC(c2ccccc2)(c2ccccc2)C(=N)N1C#N. The molecule has 1 aliphatic rings. The van der Waals surface area contributed by atoms with Gasteiger partial charge in [0.05, 0.1) is 5.41 Å². The van der Waals surface area contributed by atoms with E-state index in [1.54, 1.807) is 0 Å². The Hall–Kier alpha value is -2.60. The highest BCUT2D eigenvalue weighted by atomic mass is 15.2. The minimum Gasteiger partial charge on any atom is -0.287 e. The highest BCUT2D eigenvalue weighted by Gasteiger charge is 2.49. The van der Waals surface area contributed by atoms with Gasteiger partial charge in [-0.1, -0.05) is 60.7 Å². The van der Waals surface area contributed by atoms with Crippen molar-refractivity contribution < 1.29 is 0 Å². The summed E-state index contributed by atoms with van der Waals surface area (Å²) in [5, 5.41) is 18.0. The van der Waals surface area contributed by atoms with Crippen molar-refractivity contribution in [1.82, 2.24) is 4.90 Å². The van der Waals surface area contributed by atoms with Crippen LogP contribution in [-0.2, 0) is 5.41 Å². The topological polar surface area (TPSA) is 50.9 Å². The van der Waals surface area contributed by atoms with E-state index in [0.717, 1.165) is 17.5 Å². The van der Waals surface area contributed by atoms with Crippen molar-refractivity contribution in [2.45, 2.75) is 24.8 Å². The number of benzene rings is 2. The van der Waals surface area contributed by atoms with Crippen molar-refractivity contribution in [2.75, 3.05) is 0 Å². The number of hydrogen-bond acceptors (Lipinski definition) is 2. The van der Waals surface area contributed by atoms with E-state index in [1.165, 1.54) is 4.90 Å². The van der Waals surface area contributed by atoms with Crippen molar-refractivity contribution in [3.05, 3.63) is 71.8 Å². The first kappa shape index (κ1) is 13.4. The van der Waals surface area contributed by atoms with Crippen LogP contribution in [0, 0.1) is 16.9 Å². The summed E-state index contributed by atoms with van der Waals surface area (Å²) >= 11 is 0. The number of likely N-dealkylation sites (tertiary alicyclic amines) is 1. The smallest absolute Gasteiger partial charge is 0.185 e. The van der Waals surface area contributed by atoms with Crippen LogP contribution in [0.1, 0.15) is 24.5 Å². The molecule has 0 bridgehead atoms. The summed E-state index contributed by atoms with van der Waals surface area (Å²) in [5.41, 5.74) is 1.62. The summed E-state index contributed by atoms with van der Waals surface area (Å²) in [6.07, 6.45) is 2.91. The van der Waals surface area contributed by atoms with Gasteiger partial charge in [0.1, 0.15) is 5.84 Å². The minimum atomic E-state index is -0.530. The number of amidine groups is 1. The van der Waals surface area contributed by atoms with E-state index in [9.17, 15) is 5.26 Å². The molecule has 1 unspecified atom stereocenters. The maximum absolute atomic E-state index is 9.37. The van der Waals surface area contributed by atoms with E-state index >= 15 is 0 Å². The molecule has 0 amide bonds. The molecule has 3 heteroatoms. The third-order valence-electron chi connectivity index (χ3n) is 4.33. The summed E-state index contributed by atoms with van der Waals surface area (Å²) in [7, 11) is 0. The Balaban J connectivity index is 2.24. The summed E-state index contributed by atoms with van der Waals surface area (Å²) in [6, 6.07) is 20.2. The van der Waals surface area contributed by atoms with Crippen LogP contribution >= 0.6 is 0 Å². The number of nitriles is 1. The zero-order valence-corrected chi connectivity index (χ0v) is 12.0. The van der Waals surface area contributed by atoms with E-state index < -0.39 is 5.41 Å². The van der Waals surface area contributed by atoms with Gasteiger partial charge in [0, 0.05) is 6.04 Å². The number of nitrogens with one attached hydrogen (secondary N) is 1. The van der Waals surface area contributed by atoms with Crippen molar-refractivity contribution in [3.63, 3.8) is 0 Å². The second-order valence-electron chi connectivity index (χ2n) is 5.51. The molecule has 1 saturated heterocycles. The molecule has 1 heterocycles. The van der Waals surface area contributed by atoms with Crippen molar-refractivity contribution in [1.29, 1.82) is 10.7 Å². The van der Waals surface area contributed by atoms with Gasteiger partial charge in [-0.2, -0.15) is 5.26 Å². The third-order valence-corrected chi connectivity index (χ3v) is 4.33. The number of nitrogens with zero attached hydrogens (tertiary/aromatic N) is 2. The van der Waals surface area contributed by atoms with Gasteiger partial charge < -0.3 is 0 Å². The fourth-order valence-electron chi connectivity index (χ4n) is 3.33. The van der Waals surface area contributed by atoms with Crippen molar-refractivity contribution in [2.24, 2.45) is 0 Å². The number of rotatable bonds is 2. The van der Waals surface area contributed by atoms with E-state index in [-0.39, 0.29) is 6.04 Å². The van der Waals surface area contributed by atoms with Gasteiger partial charge >= 0.3 is 0 Å². The van der Waals surface area contributed by atoms with E-state index in [1.807, 2.05) is 43.3 Å². The lowest BCUT2D eigenvalue weighted by atomic mass is 9.72. The molecule has 0 aromatic heterocycles. The van der Waals surface area contributed by atoms with Crippen LogP contribution in [0.3, 0.4) is 0 Å². The highest BCUT2D eigenvalue weighted by molar-refractivity contribution is 5.97. The molecular formula is C18H17N3. The van der Waals surface area contributed by atoms with Crippen LogP contribution in [0.5, 0.6) is 0 Å². The quantitative estimate of drug-likeness (QED) is 0.852. The van der Waals surface area contributed by atoms with Crippen molar-refractivity contribution in [3.8, 4) is 6.19 Å². The van der Waals surface area contributed by atoms with E-state index in [2.05, 4.69) is 30.5 Å². The maximum atomic E-state index is 9.37. The molecule has 2 aromatic rings. The lowest BCUT2D eigenvalue weighted by Crippen LogP contribution is -2.37. The second-order valence-corrected chi connectivity index (χ2v) is 5.51. The van der Waals surface area contributed by atoms with Crippen LogP contribution < -0.4 is 0 Å². The normalized spacial score (nSPS) is 20.3. The third kappa shape index (κ3) is 1.92. The van der Waals surface area contributed by atoms with Crippen LogP contribution in [0.4, 0.5) is 0 Å². The molecule has 0 radical (unpaired) electrons. The molecule has 0 saturated carbocycles. The monoisotopic (exact) mass is 275 g/mol. The minimum absolute atomic E-state index is 0.0305. The first-order valence-corrected chi connectivity index (χ1v) is 7.09. The Morgan fingerprint density at radius 3 is 1.90 bits per heavy atom.